The van der Waals surface area contributed by atoms with Gasteiger partial charge in [-0.05, 0) is 57.4 Å². The first kappa shape index (κ1) is 19.9. The molecule has 0 aromatic heterocycles. The fraction of sp³-hybridized carbons (Fsp3) is 0.158. The van der Waals surface area contributed by atoms with Crippen molar-refractivity contribution in [2.75, 3.05) is 14.2 Å². The molecule has 0 unspecified atom stereocenters. The molecule has 0 radical (unpaired) electrons. The van der Waals surface area contributed by atoms with Gasteiger partial charge in [0.1, 0.15) is 16.7 Å². The van der Waals surface area contributed by atoms with Gasteiger partial charge in [0.25, 0.3) is 5.91 Å². The number of carbonyl (C=O) groups is 1. The number of ether oxygens (including phenoxy) is 2. The Labute approximate surface area is 174 Å². The van der Waals surface area contributed by atoms with Gasteiger partial charge in [0.15, 0.2) is 11.5 Å². The SMILES string of the molecule is COc1cc(/C=C2/SC(=S)N(C)C2=O)cc(Br)c1OCc1cccc(F)c1. The van der Waals surface area contributed by atoms with Crippen LogP contribution in [0.5, 0.6) is 11.5 Å². The number of thiocarbonyl (C=S) groups is 1. The van der Waals surface area contributed by atoms with Gasteiger partial charge in [-0.3, -0.25) is 9.69 Å². The molecule has 0 saturated carbocycles. The number of carbonyl (C=O) groups excluding carboxylic acids is 1. The molecule has 1 aliphatic heterocycles. The van der Waals surface area contributed by atoms with Gasteiger partial charge in [-0.1, -0.05) is 36.1 Å². The van der Waals surface area contributed by atoms with Crippen LogP contribution >= 0.6 is 39.9 Å². The number of hydrogen-bond acceptors (Lipinski definition) is 5. The summed E-state index contributed by atoms with van der Waals surface area (Å²) in [5, 5.41) is 0. The normalized spacial score (nSPS) is 15.6. The quantitative estimate of drug-likeness (QED) is 0.456. The minimum Gasteiger partial charge on any atom is -0.493 e. The minimum atomic E-state index is -0.314. The molecule has 1 saturated heterocycles. The van der Waals surface area contributed by atoms with E-state index in [1.807, 2.05) is 6.07 Å². The van der Waals surface area contributed by atoms with Crippen LogP contribution in [0.25, 0.3) is 6.08 Å². The number of likely N-dealkylation sites (N-methyl/N-ethyl adjacent to an activating group) is 1. The van der Waals surface area contributed by atoms with Gasteiger partial charge in [0.2, 0.25) is 0 Å². The standard InChI is InChI=1S/C19H15BrFNO3S2/c1-22-18(23)16(27-19(22)26)9-12-7-14(20)17(15(8-12)24-2)25-10-11-4-3-5-13(21)6-11/h3-9H,10H2,1-2H3/b16-9+. The summed E-state index contributed by atoms with van der Waals surface area (Å²) in [4.78, 5) is 14.1. The Morgan fingerprint density at radius 1 is 1.33 bits per heavy atom. The molecule has 0 N–H and O–H groups in total. The Balaban J connectivity index is 1.85. The van der Waals surface area contributed by atoms with Crippen molar-refractivity contribution in [1.29, 1.82) is 0 Å². The van der Waals surface area contributed by atoms with Gasteiger partial charge >= 0.3 is 0 Å². The summed E-state index contributed by atoms with van der Waals surface area (Å²) in [6, 6.07) is 9.81. The molecular formula is C19H15BrFNO3S2. The highest BCUT2D eigenvalue weighted by Gasteiger charge is 2.28. The molecule has 4 nitrogen and oxygen atoms in total. The van der Waals surface area contributed by atoms with E-state index in [0.29, 0.717) is 30.8 Å². The molecular weight excluding hydrogens is 453 g/mol. The zero-order valence-electron chi connectivity index (χ0n) is 14.5. The fourth-order valence-corrected chi connectivity index (χ4v) is 4.20. The Bertz CT molecular complexity index is 949. The van der Waals surface area contributed by atoms with Crippen molar-refractivity contribution < 1.29 is 18.7 Å². The number of methoxy groups -OCH3 is 1. The lowest BCUT2D eigenvalue weighted by Crippen LogP contribution is -2.22. The first-order valence-corrected chi connectivity index (χ1v) is 9.87. The average molecular weight is 468 g/mol. The molecule has 27 heavy (non-hydrogen) atoms. The second-order valence-electron chi connectivity index (χ2n) is 5.69. The highest BCUT2D eigenvalue weighted by molar-refractivity contribution is 9.10. The van der Waals surface area contributed by atoms with Gasteiger partial charge in [-0.25, -0.2) is 4.39 Å². The maximum Gasteiger partial charge on any atom is 0.265 e. The first-order valence-electron chi connectivity index (χ1n) is 7.85. The topological polar surface area (TPSA) is 38.8 Å². The van der Waals surface area contributed by atoms with E-state index in [9.17, 15) is 9.18 Å². The van der Waals surface area contributed by atoms with E-state index >= 15 is 0 Å². The van der Waals surface area contributed by atoms with Gasteiger partial charge in [0, 0.05) is 7.05 Å². The van der Waals surface area contributed by atoms with Gasteiger partial charge in [-0.2, -0.15) is 0 Å². The summed E-state index contributed by atoms with van der Waals surface area (Å²) in [7, 11) is 3.18. The van der Waals surface area contributed by atoms with E-state index in [-0.39, 0.29) is 18.3 Å². The second kappa shape index (κ2) is 8.41. The van der Waals surface area contributed by atoms with Crippen molar-refractivity contribution in [3.05, 3.63) is 62.7 Å². The summed E-state index contributed by atoms with van der Waals surface area (Å²) in [6.45, 7) is 0.195. The zero-order valence-corrected chi connectivity index (χ0v) is 17.7. The Hall–Kier alpha value is -1.90. The summed E-state index contributed by atoms with van der Waals surface area (Å²) in [5.74, 6) is 0.554. The van der Waals surface area contributed by atoms with Crippen molar-refractivity contribution in [3.63, 3.8) is 0 Å². The van der Waals surface area contributed by atoms with Gasteiger partial charge in [0.05, 0.1) is 16.5 Å². The van der Waals surface area contributed by atoms with Crippen molar-refractivity contribution >= 4 is 56.2 Å². The van der Waals surface area contributed by atoms with E-state index in [1.54, 1.807) is 31.3 Å². The lowest BCUT2D eigenvalue weighted by Gasteiger charge is -2.14. The molecule has 1 heterocycles. The molecule has 0 spiro atoms. The lowest BCUT2D eigenvalue weighted by atomic mass is 10.1. The van der Waals surface area contributed by atoms with Crippen LogP contribution in [0.2, 0.25) is 0 Å². The van der Waals surface area contributed by atoms with Crippen molar-refractivity contribution in [1.82, 2.24) is 4.90 Å². The van der Waals surface area contributed by atoms with Crippen molar-refractivity contribution in [2.45, 2.75) is 6.61 Å². The molecule has 140 valence electrons. The van der Waals surface area contributed by atoms with E-state index < -0.39 is 0 Å². The number of hydrogen-bond donors (Lipinski definition) is 0. The summed E-state index contributed by atoms with van der Waals surface area (Å²) < 4.78 is 25.7. The maximum absolute atomic E-state index is 13.3. The van der Waals surface area contributed by atoms with E-state index in [0.717, 1.165) is 5.56 Å². The van der Waals surface area contributed by atoms with Gasteiger partial charge < -0.3 is 9.47 Å². The largest absolute Gasteiger partial charge is 0.493 e. The summed E-state index contributed by atoms with van der Waals surface area (Å²) in [6.07, 6.45) is 1.76. The molecule has 3 rings (SSSR count). The molecule has 8 heteroatoms. The van der Waals surface area contributed by atoms with Crippen LogP contribution in [0.3, 0.4) is 0 Å². The van der Waals surface area contributed by atoms with Crippen LogP contribution in [-0.4, -0.2) is 29.3 Å². The third-order valence-electron chi connectivity index (χ3n) is 3.81. The van der Waals surface area contributed by atoms with Crippen molar-refractivity contribution in [2.24, 2.45) is 0 Å². The third-order valence-corrected chi connectivity index (χ3v) is 5.88. The Morgan fingerprint density at radius 3 is 2.74 bits per heavy atom. The molecule has 0 aliphatic carbocycles. The second-order valence-corrected chi connectivity index (χ2v) is 8.22. The van der Waals surface area contributed by atoms with Crippen LogP contribution in [0.15, 0.2) is 45.8 Å². The summed E-state index contributed by atoms with van der Waals surface area (Å²) >= 11 is 9.88. The van der Waals surface area contributed by atoms with Gasteiger partial charge in [-0.15, -0.1) is 0 Å². The smallest absolute Gasteiger partial charge is 0.265 e. The fourth-order valence-electron chi connectivity index (χ4n) is 2.44. The van der Waals surface area contributed by atoms with Crippen LogP contribution in [-0.2, 0) is 11.4 Å². The molecule has 1 fully saturated rings. The maximum atomic E-state index is 13.3. The highest BCUT2D eigenvalue weighted by atomic mass is 79.9. The number of halogens is 2. The molecule has 1 aliphatic rings. The molecule has 2 aromatic rings. The highest BCUT2D eigenvalue weighted by Crippen LogP contribution is 2.39. The van der Waals surface area contributed by atoms with Crippen molar-refractivity contribution in [3.8, 4) is 11.5 Å². The Morgan fingerprint density at radius 2 is 2.11 bits per heavy atom. The molecule has 0 bridgehead atoms. The zero-order chi connectivity index (χ0) is 19.6. The number of benzene rings is 2. The monoisotopic (exact) mass is 467 g/mol. The predicted molar refractivity (Wildman–Crippen MR) is 112 cm³/mol. The predicted octanol–water partition coefficient (Wildman–Crippen LogP) is 5.01. The van der Waals surface area contributed by atoms with Crippen LogP contribution in [0.1, 0.15) is 11.1 Å². The van der Waals surface area contributed by atoms with E-state index in [4.69, 9.17) is 21.7 Å². The average Bonchev–Trinajstić information content (AvgIpc) is 2.87. The lowest BCUT2D eigenvalue weighted by molar-refractivity contribution is -0.121. The molecule has 2 aromatic carbocycles. The minimum absolute atomic E-state index is 0.133. The van der Waals surface area contributed by atoms with Crippen LogP contribution in [0, 0.1) is 5.82 Å². The molecule has 0 atom stereocenters. The first-order chi connectivity index (χ1) is 12.9. The number of nitrogens with zero attached hydrogens (tertiary/aromatic N) is 1. The number of amides is 1. The summed E-state index contributed by atoms with van der Waals surface area (Å²) in [5.41, 5.74) is 1.48. The van der Waals surface area contributed by atoms with Crippen LogP contribution in [0.4, 0.5) is 4.39 Å². The number of rotatable bonds is 5. The third kappa shape index (κ3) is 4.51. The van der Waals surface area contributed by atoms with E-state index in [2.05, 4.69) is 15.9 Å². The van der Waals surface area contributed by atoms with Crippen LogP contribution < -0.4 is 9.47 Å². The molecule has 1 amide bonds. The number of thioether (sulfide) groups is 1. The van der Waals surface area contributed by atoms with E-state index in [1.165, 1.54) is 35.9 Å². The Kier molecular flexibility index (Phi) is 6.18.